The Balaban J connectivity index is 1.62. The Labute approximate surface area is 174 Å². The highest BCUT2D eigenvalue weighted by Gasteiger charge is 2.59. The van der Waals surface area contributed by atoms with Crippen molar-refractivity contribution in [1.82, 2.24) is 0 Å². The van der Waals surface area contributed by atoms with Gasteiger partial charge in [-0.15, -0.1) is 0 Å². The normalized spacial score (nSPS) is 40.9. The second-order valence-electron chi connectivity index (χ2n) is 10.3. The topological polar surface area (TPSA) is 60.4 Å². The van der Waals surface area contributed by atoms with Crippen molar-refractivity contribution in [3.8, 4) is 0 Å². The third kappa shape index (κ3) is 3.14. The molecule has 0 N–H and O–H groups in total. The Kier molecular flexibility index (Phi) is 5.11. The van der Waals surface area contributed by atoms with Gasteiger partial charge in [-0.3, -0.25) is 14.4 Å². The van der Waals surface area contributed by atoms with Crippen LogP contribution in [-0.4, -0.2) is 24.1 Å². The summed E-state index contributed by atoms with van der Waals surface area (Å²) in [6.07, 6.45) is 10.3. The van der Waals surface area contributed by atoms with E-state index < -0.39 is 0 Å². The standard InChI is InChI=1S/C25H34O4/c1-5-22(28)29-14-21(27)23-15(2)12-20-18-7-6-16-13-17(26)8-10-24(16,3)19(18)9-11-25(20,23)4/h9,13,15,18,20,23H,5-8,10-12,14H2,1-4H3/t15-,18?,20?,23+,24-,25-/m0/s1. The van der Waals surface area contributed by atoms with Crippen LogP contribution in [0.1, 0.15) is 72.6 Å². The molecular formula is C25H34O4. The van der Waals surface area contributed by atoms with E-state index in [4.69, 9.17) is 4.74 Å². The van der Waals surface area contributed by atoms with Gasteiger partial charge in [0.2, 0.25) is 0 Å². The van der Waals surface area contributed by atoms with Crippen molar-refractivity contribution in [2.75, 3.05) is 6.61 Å². The van der Waals surface area contributed by atoms with Gasteiger partial charge in [-0.05, 0) is 61.3 Å². The average molecular weight is 399 g/mol. The lowest BCUT2D eigenvalue weighted by atomic mass is 9.51. The zero-order chi connectivity index (χ0) is 21.0. The van der Waals surface area contributed by atoms with Crippen LogP contribution >= 0.6 is 0 Å². The van der Waals surface area contributed by atoms with E-state index in [1.165, 1.54) is 11.1 Å². The number of hydrogen-bond donors (Lipinski definition) is 0. The van der Waals surface area contributed by atoms with Crippen LogP contribution < -0.4 is 0 Å². The predicted octanol–water partition coefficient (Wildman–Crippen LogP) is 4.82. The van der Waals surface area contributed by atoms with Gasteiger partial charge in [0.1, 0.15) is 6.61 Å². The number of carbonyl (C=O) groups is 3. The molecule has 0 aromatic rings. The maximum Gasteiger partial charge on any atom is 0.305 e. The highest BCUT2D eigenvalue weighted by molar-refractivity contribution is 5.92. The number of hydrogen-bond acceptors (Lipinski definition) is 4. The first kappa shape index (κ1) is 20.6. The molecular weight excluding hydrogens is 364 g/mol. The number of Topliss-reactive ketones (excluding diaryl/α,β-unsaturated/α-hetero) is 1. The summed E-state index contributed by atoms with van der Waals surface area (Å²) < 4.78 is 5.20. The molecule has 6 atom stereocenters. The molecule has 29 heavy (non-hydrogen) atoms. The molecule has 0 aliphatic heterocycles. The molecule has 0 aromatic heterocycles. The molecule has 0 radical (unpaired) electrons. The predicted molar refractivity (Wildman–Crippen MR) is 111 cm³/mol. The van der Waals surface area contributed by atoms with Crippen molar-refractivity contribution in [2.24, 2.45) is 34.5 Å². The van der Waals surface area contributed by atoms with Crippen LogP contribution in [0, 0.1) is 34.5 Å². The molecule has 0 aromatic carbocycles. The van der Waals surface area contributed by atoms with Crippen molar-refractivity contribution in [3.05, 3.63) is 23.3 Å². The lowest BCUT2D eigenvalue weighted by Gasteiger charge is -2.53. The highest BCUT2D eigenvalue weighted by Crippen LogP contribution is 2.65. The maximum absolute atomic E-state index is 13.1. The van der Waals surface area contributed by atoms with Crippen LogP contribution in [0.25, 0.3) is 0 Å². The third-order valence-electron chi connectivity index (χ3n) is 8.69. The SMILES string of the molecule is CCC(=O)OCC(=O)[C@H]1[C@@H](C)CC2C3CCC4=CC(=O)CC[C@]4(C)C3=CC[C@@]21C. The van der Waals surface area contributed by atoms with Gasteiger partial charge in [-0.1, -0.05) is 44.9 Å². The van der Waals surface area contributed by atoms with Crippen LogP contribution in [0.5, 0.6) is 0 Å². The first-order valence-corrected chi connectivity index (χ1v) is 11.3. The quantitative estimate of drug-likeness (QED) is 0.503. The summed E-state index contributed by atoms with van der Waals surface area (Å²) in [5.41, 5.74) is 2.82. The Morgan fingerprint density at radius 1 is 1.24 bits per heavy atom. The van der Waals surface area contributed by atoms with E-state index in [1.807, 2.05) is 6.08 Å². The molecule has 4 heteroatoms. The van der Waals surface area contributed by atoms with Crippen LogP contribution in [0.4, 0.5) is 0 Å². The lowest BCUT2D eigenvalue weighted by molar-refractivity contribution is -0.150. The summed E-state index contributed by atoms with van der Waals surface area (Å²) in [6.45, 7) is 8.48. The van der Waals surface area contributed by atoms with Gasteiger partial charge in [0.15, 0.2) is 11.6 Å². The fourth-order valence-electron chi connectivity index (χ4n) is 7.25. The molecule has 0 heterocycles. The van der Waals surface area contributed by atoms with Crippen molar-refractivity contribution in [2.45, 2.75) is 72.6 Å². The number of allylic oxidation sites excluding steroid dienone is 4. The zero-order valence-electron chi connectivity index (χ0n) is 18.3. The highest BCUT2D eigenvalue weighted by atomic mass is 16.5. The van der Waals surface area contributed by atoms with Gasteiger partial charge in [0, 0.05) is 24.2 Å². The van der Waals surface area contributed by atoms with E-state index in [2.05, 4.69) is 26.8 Å². The Bertz CT molecular complexity index is 806. The van der Waals surface area contributed by atoms with Gasteiger partial charge >= 0.3 is 5.97 Å². The fraction of sp³-hybridized carbons (Fsp3) is 0.720. The molecule has 4 rings (SSSR count). The first-order valence-electron chi connectivity index (χ1n) is 11.3. The minimum absolute atomic E-state index is 0.0279. The molecule has 2 fully saturated rings. The van der Waals surface area contributed by atoms with E-state index in [0.717, 1.165) is 32.1 Å². The summed E-state index contributed by atoms with van der Waals surface area (Å²) in [6, 6.07) is 0. The fourth-order valence-corrected chi connectivity index (χ4v) is 7.25. The van der Waals surface area contributed by atoms with E-state index in [1.54, 1.807) is 6.92 Å². The lowest BCUT2D eigenvalue weighted by Crippen LogP contribution is -2.46. The van der Waals surface area contributed by atoms with Crippen molar-refractivity contribution in [3.63, 3.8) is 0 Å². The molecule has 4 aliphatic rings. The average Bonchev–Trinajstić information content (AvgIpc) is 2.96. The summed E-state index contributed by atoms with van der Waals surface area (Å²) in [7, 11) is 0. The summed E-state index contributed by atoms with van der Waals surface area (Å²) >= 11 is 0. The van der Waals surface area contributed by atoms with Crippen molar-refractivity contribution in [1.29, 1.82) is 0 Å². The van der Waals surface area contributed by atoms with E-state index >= 15 is 0 Å². The zero-order valence-corrected chi connectivity index (χ0v) is 18.3. The minimum Gasteiger partial charge on any atom is -0.458 e. The monoisotopic (exact) mass is 398 g/mol. The summed E-state index contributed by atoms with van der Waals surface area (Å²) in [4.78, 5) is 36.6. The maximum atomic E-state index is 13.1. The third-order valence-corrected chi connectivity index (χ3v) is 8.69. The first-order chi connectivity index (χ1) is 13.7. The Hall–Kier alpha value is -1.71. The van der Waals surface area contributed by atoms with E-state index in [9.17, 15) is 14.4 Å². The largest absolute Gasteiger partial charge is 0.458 e. The second-order valence-corrected chi connectivity index (χ2v) is 10.3. The second kappa shape index (κ2) is 7.21. The van der Waals surface area contributed by atoms with Gasteiger partial charge in [-0.2, -0.15) is 0 Å². The smallest absolute Gasteiger partial charge is 0.305 e. The molecule has 4 nitrogen and oxygen atoms in total. The Morgan fingerprint density at radius 2 is 2.00 bits per heavy atom. The summed E-state index contributed by atoms with van der Waals surface area (Å²) in [5.74, 6) is 1.32. The van der Waals surface area contributed by atoms with Crippen molar-refractivity contribution < 1.29 is 19.1 Å². The van der Waals surface area contributed by atoms with Crippen molar-refractivity contribution >= 4 is 17.5 Å². The number of fused-ring (bicyclic) bond motifs is 5. The number of esters is 1. The molecule has 158 valence electrons. The van der Waals surface area contributed by atoms with E-state index in [-0.39, 0.29) is 40.9 Å². The van der Waals surface area contributed by atoms with Gasteiger partial charge in [0.05, 0.1) is 0 Å². The molecule has 0 amide bonds. The molecule has 0 spiro atoms. The van der Waals surface area contributed by atoms with Crippen LogP contribution in [0.15, 0.2) is 23.3 Å². The van der Waals surface area contributed by atoms with Gasteiger partial charge < -0.3 is 4.74 Å². The molecule has 2 saturated carbocycles. The number of carbonyl (C=O) groups excluding carboxylic acids is 3. The number of rotatable bonds is 4. The minimum atomic E-state index is -0.303. The van der Waals surface area contributed by atoms with Crippen LogP contribution in [-0.2, 0) is 19.1 Å². The molecule has 0 saturated heterocycles. The van der Waals surface area contributed by atoms with Crippen LogP contribution in [0.3, 0.4) is 0 Å². The molecule has 4 aliphatic carbocycles. The number of ether oxygens (including phenoxy) is 1. The van der Waals surface area contributed by atoms with E-state index in [0.29, 0.717) is 30.6 Å². The van der Waals surface area contributed by atoms with Crippen LogP contribution in [0.2, 0.25) is 0 Å². The molecule has 2 unspecified atom stereocenters. The van der Waals surface area contributed by atoms with Gasteiger partial charge in [-0.25, -0.2) is 0 Å². The van der Waals surface area contributed by atoms with Gasteiger partial charge in [0.25, 0.3) is 0 Å². The number of ketones is 2. The Morgan fingerprint density at radius 3 is 2.72 bits per heavy atom. The molecule has 0 bridgehead atoms. The summed E-state index contributed by atoms with van der Waals surface area (Å²) in [5, 5.41) is 0.